The molecule has 0 bridgehead atoms. The summed E-state index contributed by atoms with van der Waals surface area (Å²) in [6, 6.07) is 7.71. The van der Waals surface area contributed by atoms with E-state index in [1.165, 1.54) is 37.3 Å². The van der Waals surface area contributed by atoms with Crippen LogP contribution in [0.5, 0.6) is 5.75 Å². The summed E-state index contributed by atoms with van der Waals surface area (Å²) in [7, 11) is 0. The molecule has 1 saturated heterocycles. The Labute approximate surface area is 204 Å². The number of rotatable bonds is 9. The number of thiazole rings is 1. The third-order valence-electron chi connectivity index (χ3n) is 5.59. The van der Waals surface area contributed by atoms with E-state index in [0.717, 1.165) is 28.5 Å². The second kappa shape index (κ2) is 11.0. The van der Waals surface area contributed by atoms with Crippen LogP contribution >= 0.6 is 11.3 Å². The van der Waals surface area contributed by atoms with Crippen molar-refractivity contribution in [2.24, 2.45) is 0 Å². The van der Waals surface area contributed by atoms with Gasteiger partial charge in [0, 0.05) is 29.1 Å². The Morgan fingerprint density at radius 1 is 1.15 bits per heavy atom. The number of oxazole rings is 1. The van der Waals surface area contributed by atoms with Gasteiger partial charge in [-0.3, -0.25) is 9.69 Å². The summed E-state index contributed by atoms with van der Waals surface area (Å²) in [6.45, 7) is 10.2. The third kappa shape index (κ3) is 7.01. The van der Waals surface area contributed by atoms with Crippen LogP contribution in [0.4, 0.5) is 5.13 Å². The van der Waals surface area contributed by atoms with Crippen molar-refractivity contribution in [3.05, 3.63) is 58.8 Å². The number of carbonyl (C=O) groups is 1. The molecule has 0 saturated carbocycles. The summed E-state index contributed by atoms with van der Waals surface area (Å²) in [5, 5.41) is 3.44. The van der Waals surface area contributed by atoms with Gasteiger partial charge in [0.05, 0.1) is 12.6 Å². The molecule has 1 amide bonds. The largest absolute Gasteiger partial charge is 0.492 e. The Bertz CT molecular complexity index is 1110. The highest BCUT2D eigenvalue weighted by Gasteiger charge is 2.18. The van der Waals surface area contributed by atoms with Crippen molar-refractivity contribution >= 4 is 34.5 Å². The predicted octanol–water partition coefficient (Wildman–Crippen LogP) is 5.25. The molecule has 1 fully saturated rings. The highest BCUT2D eigenvalue weighted by Crippen LogP contribution is 2.25. The number of hydrogen-bond donors (Lipinski definition) is 1. The predicted molar refractivity (Wildman–Crippen MR) is 136 cm³/mol. The van der Waals surface area contributed by atoms with E-state index < -0.39 is 0 Å². The highest BCUT2D eigenvalue weighted by molar-refractivity contribution is 7.16. The Hall–Kier alpha value is -2.97. The third-order valence-corrected chi connectivity index (χ3v) is 6.46. The Morgan fingerprint density at radius 2 is 1.91 bits per heavy atom. The fourth-order valence-electron chi connectivity index (χ4n) is 3.64. The summed E-state index contributed by atoms with van der Waals surface area (Å²) < 4.78 is 11.6. The van der Waals surface area contributed by atoms with Crippen LogP contribution in [0.1, 0.15) is 55.7 Å². The molecule has 1 aliphatic rings. The second-order valence-electron chi connectivity index (χ2n) is 9.48. The van der Waals surface area contributed by atoms with Crippen LogP contribution in [0.3, 0.4) is 0 Å². The number of aromatic nitrogens is 2. The first-order valence-corrected chi connectivity index (χ1v) is 12.5. The SMILES string of the molecule is CC(C)(C)c1cnc(/C=C/c2cnc(NC(=O)Cc3ccc(OCCN4CCCC4)cc3)s2)o1. The Kier molecular flexibility index (Phi) is 7.80. The molecule has 0 unspecified atom stereocenters. The van der Waals surface area contributed by atoms with Gasteiger partial charge in [-0.2, -0.15) is 0 Å². The van der Waals surface area contributed by atoms with Gasteiger partial charge >= 0.3 is 0 Å². The lowest BCUT2D eigenvalue weighted by Gasteiger charge is -2.15. The summed E-state index contributed by atoms with van der Waals surface area (Å²) in [6.07, 6.45) is 10.0. The lowest BCUT2D eigenvalue weighted by atomic mass is 9.94. The minimum absolute atomic E-state index is 0.0817. The van der Waals surface area contributed by atoms with E-state index >= 15 is 0 Å². The average molecular weight is 481 g/mol. The van der Waals surface area contributed by atoms with Crippen LogP contribution in [0.25, 0.3) is 12.2 Å². The number of carbonyl (C=O) groups excluding carboxylic acids is 1. The molecule has 8 heteroatoms. The van der Waals surface area contributed by atoms with Gasteiger partial charge in [-0.1, -0.05) is 44.2 Å². The van der Waals surface area contributed by atoms with E-state index in [1.54, 1.807) is 12.4 Å². The van der Waals surface area contributed by atoms with E-state index in [0.29, 0.717) is 17.6 Å². The number of hydrogen-bond acceptors (Lipinski definition) is 7. The summed E-state index contributed by atoms with van der Waals surface area (Å²) in [5.74, 6) is 2.12. The van der Waals surface area contributed by atoms with Crippen molar-refractivity contribution in [3.8, 4) is 5.75 Å². The van der Waals surface area contributed by atoms with Crippen LogP contribution in [0.2, 0.25) is 0 Å². The molecule has 1 aromatic carbocycles. The zero-order valence-corrected chi connectivity index (χ0v) is 20.9. The number of anilines is 1. The van der Waals surface area contributed by atoms with Crippen molar-refractivity contribution in [1.29, 1.82) is 0 Å². The van der Waals surface area contributed by atoms with Crippen LogP contribution in [0.15, 0.2) is 41.1 Å². The maximum Gasteiger partial charge on any atom is 0.230 e. The number of nitrogens with zero attached hydrogens (tertiary/aromatic N) is 3. The van der Waals surface area contributed by atoms with Gasteiger partial charge < -0.3 is 14.5 Å². The lowest BCUT2D eigenvalue weighted by molar-refractivity contribution is -0.115. The van der Waals surface area contributed by atoms with Gasteiger partial charge in [0.2, 0.25) is 11.8 Å². The van der Waals surface area contributed by atoms with Gasteiger partial charge in [-0.05, 0) is 49.7 Å². The molecule has 34 heavy (non-hydrogen) atoms. The average Bonchev–Trinajstić information content (AvgIpc) is 3.55. The molecule has 0 spiro atoms. The normalized spacial score (nSPS) is 14.7. The van der Waals surface area contributed by atoms with Gasteiger partial charge in [-0.15, -0.1) is 0 Å². The van der Waals surface area contributed by atoms with Crippen molar-refractivity contribution in [3.63, 3.8) is 0 Å². The number of likely N-dealkylation sites (tertiary alicyclic amines) is 1. The summed E-state index contributed by atoms with van der Waals surface area (Å²) in [4.78, 5) is 24.4. The van der Waals surface area contributed by atoms with E-state index in [1.807, 2.05) is 36.4 Å². The second-order valence-corrected chi connectivity index (χ2v) is 10.5. The number of benzene rings is 1. The van der Waals surface area contributed by atoms with Crippen LogP contribution in [0, 0.1) is 0 Å². The quantitative estimate of drug-likeness (QED) is 0.450. The standard InChI is InChI=1S/C26H32N4O3S/c1-26(2,3)22-18-27-24(33-22)11-10-21-17-28-25(34-21)29-23(31)16-19-6-8-20(9-7-19)32-15-14-30-12-4-5-13-30/h6-11,17-18H,4-5,12-16H2,1-3H3,(H,28,29,31)/b11-10+. The number of ether oxygens (including phenoxy) is 1. The van der Waals surface area contributed by atoms with Gasteiger partial charge in [0.1, 0.15) is 18.1 Å². The van der Waals surface area contributed by atoms with E-state index in [2.05, 4.69) is 41.0 Å². The minimum Gasteiger partial charge on any atom is -0.492 e. The first-order chi connectivity index (χ1) is 16.3. The Morgan fingerprint density at radius 3 is 2.62 bits per heavy atom. The molecule has 2 aromatic heterocycles. The molecular formula is C26H32N4O3S. The van der Waals surface area contributed by atoms with Crippen molar-refractivity contribution in [2.45, 2.75) is 45.4 Å². The number of amides is 1. The molecule has 7 nitrogen and oxygen atoms in total. The molecule has 3 aromatic rings. The zero-order valence-electron chi connectivity index (χ0n) is 20.0. The van der Waals surface area contributed by atoms with Crippen molar-refractivity contribution < 1.29 is 13.9 Å². The van der Waals surface area contributed by atoms with Crippen LogP contribution < -0.4 is 10.1 Å². The molecule has 3 heterocycles. The highest BCUT2D eigenvalue weighted by atomic mass is 32.1. The van der Waals surface area contributed by atoms with Crippen LogP contribution in [-0.2, 0) is 16.6 Å². The van der Waals surface area contributed by atoms with E-state index in [4.69, 9.17) is 9.15 Å². The summed E-state index contributed by atoms with van der Waals surface area (Å²) >= 11 is 1.40. The van der Waals surface area contributed by atoms with E-state index in [-0.39, 0.29) is 17.7 Å². The molecule has 1 aliphatic heterocycles. The molecule has 4 rings (SSSR count). The number of nitrogens with one attached hydrogen (secondary N) is 1. The van der Waals surface area contributed by atoms with Gasteiger partial charge in [0.15, 0.2) is 5.13 Å². The van der Waals surface area contributed by atoms with Gasteiger partial charge in [-0.25, -0.2) is 9.97 Å². The molecule has 0 aliphatic carbocycles. The Balaban J connectivity index is 1.23. The molecule has 0 atom stereocenters. The smallest absolute Gasteiger partial charge is 0.230 e. The molecule has 0 radical (unpaired) electrons. The lowest BCUT2D eigenvalue weighted by Crippen LogP contribution is -2.25. The maximum absolute atomic E-state index is 12.4. The first kappa shape index (κ1) is 24.2. The molecular weight excluding hydrogens is 448 g/mol. The minimum atomic E-state index is -0.102. The van der Waals surface area contributed by atoms with Crippen LogP contribution in [-0.4, -0.2) is 47.0 Å². The zero-order chi connectivity index (χ0) is 24.0. The summed E-state index contributed by atoms with van der Waals surface area (Å²) in [5.41, 5.74) is 0.849. The fourth-order valence-corrected chi connectivity index (χ4v) is 4.37. The van der Waals surface area contributed by atoms with Crippen molar-refractivity contribution in [1.82, 2.24) is 14.9 Å². The topological polar surface area (TPSA) is 80.5 Å². The maximum atomic E-state index is 12.4. The van der Waals surface area contributed by atoms with E-state index in [9.17, 15) is 4.79 Å². The monoisotopic (exact) mass is 480 g/mol. The fraction of sp³-hybridized carbons (Fsp3) is 0.423. The first-order valence-electron chi connectivity index (χ1n) is 11.7. The van der Waals surface area contributed by atoms with Gasteiger partial charge in [0.25, 0.3) is 0 Å². The molecule has 1 N–H and O–H groups in total. The van der Waals surface area contributed by atoms with Crippen molar-refractivity contribution in [2.75, 3.05) is 31.6 Å². The molecule has 180 valence electrons.